The van der Waals surface area contributed by atoms with E-state index in [0.29, 0.717) is 13.0 Å². The third-order valence-corrected chi connectivity index (χ3v) is 4.38. The molecule has 1 N–H and O–H groups in total. The topological polar surface area (TPSA) is 73.9 Å². The minimum Gasteiger partial charge on any atom is -0.489 e. The minimum atomic E-state index is -0.623. The van der Waals surface area contributed by atoms with E-state index in [0.717, 1.165) is 16.9 Å². The van der Waals surface area contributed by atoms with Crippen molar-refractivity contribution in [2.24, 2.45) is 0 Å². The molecule has 1 heterocycles. The van der Waals surface area contributed by atoms with E-state index in [-0.39, 0.29) is 0 Å². The van der Waals surface area contributed by atoms with Crippen molar-refractivity contribution in [1.82, 2.24) is 5.32 Å². The summed E-state index contributed by atoms with van der Waals surface area (Å²) >= 11 is 0. The van der Waals surface area contributed by atoms with Gasteiger partial charge in [0.25, 0.3) is 0 Å². The Bertz CT molecular complexity index is 901. The summed E-state index contributed by atoms with van der Waals surface area (Å²) in [6.45, 7) is 5.85. The summed E-state index contributed by atoms with van der Waals surface area (Å²) in [5.41, 5.74) is 1.40. The van der Waals surface area contributed by atoms with Crippen LogP contribution in [0.1, 0.15) is 31.9 Å². The molecule has 0 saturated heterocycles. The van der Waals surface area contributed by atoms with Gasteiger partial charge in [-0.05, 0) is 56.5 Å². The Morgan fingerprint density at radius 1 is 1.10 bits per heavy atom. The SMILES string of the molecule is CC(C)(C)OC(=O)N[C@@H](Cc1cccc(OCc2ccccc2)c1)[C@@H]1C=CC(=O)O1. The third kappa shape index (κ3) is 6.65. The van der Waals surface area contributed by atoms with Crippen LogP contribution in [-0.2, 0) is 27.3 Å². The van der Waals surface area contributed by atoms with Crippen molar-refractivity contribution in [1.29, 1.82) is 0 Å². The first-order valence-corrected chi connectivity index (χ1v) is 9.92. The van der Waals surface area contributed by atoms with Crippen molar-refractivity contribution < 1.29 is 23.8 Å². The van der Waals surface area contributed by atoms with Gasteiger partial charge in [-0.25, -0.2) is 9.59 Å². The maximum atomic E-state index is 12.3. The molecule has 0 fully saturated rings. The molecule has 1 amide bonds. The number of ether oxygens (including phenoxy) is 3. The second-order valence-electron chi connectivity index (χ2n) is 8.14. The molecule has 2 aromatic carbocycles. The second kappa shape index (κ2) is 9.48. The molecule has 0 saturated carbocycles. The summed E-state index contributed by atoms with van der Waals surface area (Å²) in [7, 11) is 0. The van der Waals surface area contributed by atoms with Gasteiger partial charge in [-0.3, -0.25) is 0 Å². The van der Waals surface area contributed by atoms with Crippen LogP contribution in [0.5, 0.6) is 5.75 Å². The number of nitrogens with one attached hydrogen (secondary N) is 1. The van der Waals surface area contributed by atoms with Crippen LogP contribution in [0.4, 0.5) is 4.79 Å². The van der Waals surface area contributed by atoms with E-state index in [1.807, 2.05) is 54.6 Å². The lowest BCUT2D eigenvalue weighted by molar-refractivity contribution is -0.139. The highest BCUT2D eigenvalue weighted by Crippen LogP contribution is 2.20. The van der Waals surface area contributed by atoms with E-state index in [9.17, 15) is 9.59 Å². The monoisotopic (exact) mass is 409 g/mol. The first-order valence-electron chi connectivity index (χ1n) is 9.92. The van der Waals surface area contributed by atoms with Crippen LogP contribution in [0.3, 0.4) is 0 Å². The van der Waals surface area contributed by atoms with Crippen LogP contribution in [0.25, 0.3) is 0 Å². The zero-order valence-electron chi connectivity index (χ0n) is 17.5. The van der Waals surface area contributed by atoms with Crippen LogP contribution in [0.15, 0.2) is 66.7 Å². The fourth-order valence-corrected chi connectivity index (χ4v) is 3.07. The first kappa shape index (κ1) is 21.4. The fourth-order valence-electron chi connectivity index (χ4n) is 3.07. The third-order valence-electron chi connectivity index (χ3n) is 4.38. The van der Waals surface area contributed by atoms with E-state index < -0.39 is 29.8 Å². The molecule has 0 radical (unpaired) electrons. The van der Waals surface area contributed by atoms with Crippen molar-refractivity contribution in [3.05, 3.63) is 77.9 Å². The first-order chi connectivity index (χ1) is 14.3. The average molecular weight is 409 g/mol. The Morgan fingerprint density at radius 2 is 1.83 bits per heavy atom. The summed E-state index contributed by atoms with van der Waals surface area (Å²) in [6.07, 6.45) is 2.36. The normalized spacial score (nSPS) is 16.6. The molecule has 0 aliphatic carbocycles. The lowest BCUT2D eigenvalue weighted by Gasteiger charge is -2.26. The summed E-state index contributed by atoms with van der Waals surface area (Å²) in [5, 5.41) is 2.83. The van der Waals surface area contributed by atoms with Crippen LogP contribution < -0.4 is 10.1 Å². The molecule has 0 aromatic heterocycles. The summed E-state index contributed by atoms with van der Waals surface area (Å²) < 4.78 is 16.6. The van der Waals surface area contributed by atoms with E-state index in [1.165, 1.54) is 6.08 Å². The Balaban J connectivity index is 1.68. The number of rotatable bonds is 7. The van der Waals surface area contributed by atoms with Crippen LogP contribution >= 0.6 is 0 Å². The van der Waals surface area contributed by atoms with Gasteiger partial charge in [0, 0.05) is 6.08 Å². The minimum absolute atomic E-state index is 0.420. The molecular formula is C24H27NO5. The Morgan fingerprint density at radius 3 is 2.50 bits per heavy atom. The van der Waals surface area contributed by atoms with Gasteiger partial charge in [0.1, 0.15) is 24.1 Å². The van der Waals surface area contributed by atoms with Crippen molar-refractivity contribution in [2.45, 2.75) is 51.5 Å². The van der Waals surface area contributed by atoms with Gasteiger partial charge in [-0.15, -0.1) is 0 Å². The average Bonchev–Trinajstić information content (AvgIpc) is 3.12. The number of alkyl carbamates (subject to hydrolysis) is 1. The Labute approximate surface area is 176 Å². The van der Waals surface area contributed by atoms with Gasteiger partial charge in [0.2, 0.25) is 0 Å². The van der Waals surface area contributed by atoms with E-state index in [1.54, 1.807) is 26.8 Å². The van der Waals surface area contributed by atoms with Crippen molar-refractivity contribution in [3.63, 3.8) is 0 Å². The van der Waals surface area contributed by atoms with E-state index >= 15 is 0 Å². The molecule has 158 valence electrons. The Kier molecular flexibility index (Phi) is 6.77. The quantitative estimate of drug-likeness (QED) is 0.695. The highest BCUT2D eigenvalue weighted by atomic mass is 16.6. The summed E-state index contributed by atoms with van der Waals surface area (Å²) in [6, 6.07) is 17.1. The molecule has 0 spiro atoms. The predicted molar refractivity (Wildman–Crippen MR) is 113 cm³/mol. The van der Waals surface area contributed by atoms with Crippen molar-refractivity contribution in [2.75, 3.05) is 0 Å². The van der Waals surface area contributed by atoms with E-state index in [2.05, 4.69) is 5.32 Å². The molecule has 1 aliphatic heterocycles. The largest absolute Gasteiger partial charge is 0.489 e. The zero-order chi connectivity index (χ0) is 21.6. The maximum Gasteiger partial charge on any atom is 0.408 e. The molecule has 6 nitrogen and oxygen atoms in total. The van der Waals surface area contributed by atoms with Gasteiger partial charge >= 0.3 is 12.1 Å². The number of hydrogen-bond donors (Lipinski definition) is 1. The molecule has 2 atom stereocenters. The number of benzene rings is 2. The highest BCUT2D eigenvalue weighted by Gasteiger charge is 2.30. The molecule has 0 unspecified atom stereocenters. The van der Waals surface area contributed by atoms with Gasteiger partial charge < -0.3 is 19.5 Å². The van der Waals surface area contributed by atoms with Crippen LogP contribution in [0, 0.1) is 0 Å². The lowest BCUT2D eigenvalue weighted by atomic mass is 10.0. The summed E-state index contributed by atoms with van der Waals surface area (Å²) in [4.78, 5) is 23.8. The van der Waals surface area contributed by atoms with Gasteiger partial charge in [-0.2, -0.15) is 0 Å². The lowest BCUT2D eigenvalue weighted by Crippen LogP contribution is -2.46. The maximum absolute atomic E-state index is 12.3. The molecule has 6 heteroatoms. The van der Waals surface area contributed by atoms with Crippen LogP contribution in [0.2, 0.25) is 0 Å². The number of hydrogen-bond acceptors (Lipinski definition) is 5. The zero-order valence-corrected chi connectivity index (χ0v) is 17.5. The molecule has 3 rings (SSSR count). The van der Waals surface area contributed by atoms with Gasteiger partial charge in [0.05, 0.1) is 6.04 Å². The molecule has 1 aliphatic rings. The number of cyclic esters (lactones) is 1. The van der Waals surface area contributed by atoms with E-state index in [4.69, 9.17) is 14.2 Å². The Hall–Kier alpha value is -3.28. The standard InChI is InChI=1S/C24H27NO5/c1-24(2,3)30-23(27)25-20(21-12-13-22(26)29-21)15-18-10-7-11-19(14-18)28-16-17-8-5-4-6-9-17/h4-14,20-21H,15-16H2,1-3H3,(H,25,27)/t20-,21-/m0/s1. The van der Waals surface area contributed by atoms with Crippen molar-refractivity contribution >= 4 is 12.1 Å². The summed E-state index contributed by atoms with van der Waals surface area (Å²) in [5.74, 6) is 0.308. The molecule has 2 aromatic rings. The van der Waals surface area contributed by atoms with Gasteiger partial charge in [0.15, 0.2) is 0 Å². The number of esters is 1. The van der Waals surface area contributed by atoms with Crippen LogP contribution in [-0.4, -0.2) is 29.8 Å². The molecule has 30 heavy (non-hydrogen) atoms. The predicted octanol–water partition coefficient (Wildman–Crippen LogP) is 4.18. The highest BCUT2D eigenvalue weighted by molar-refractivity contribution is 5.84. The van der Waals surface area contributed by atoms with Crippen molar-refractivity contribution in [3.8, 4) is 5.75 Å². The molecule has 0 bridgehead atoms. The fraction of sp³-hybridized carbons (Fsp3) is 0.333. The smallest absolute Gasteiger partial charge is 0.408 e. The number of amides is 1. The van der Waals surface area contributed by atoms with Gasteiger partial charge in [-0.1, -0.05) is 42.5 Å². The number of carbonyl (C=O) groups excluding carboxylic acids is 2. The number of carbonyl (C=O) groups is 2. The molecular weight excluding hydrogens is 382 g/mol. The second-order valence-corrected chi connectivity index (χ2v) is 8.14.